The first-order valence-corrected chi connectivity index (χ1v) is 12.2. The number of hydrogen-bond acceptors (Lipinski definition) is 5. The average molecular weight is 561 g/mol. The molecule has 188 valence electrons. The number of ketones is 1. The van der Waals surface area contributed by atoms with E-state index in [2.05, 4.69) is 36.5 Å². The van der Waals surface area contributed by atoms with E-state index in [4.69, 9.17) is 0 Å². The minimum atomic E-state index is -4.51. The number of anilines is 2. The third-order valence-corrected chi connectivity index (χ3v) is 6.66. The van der Waals surface area contributed by atoms with Crippen molar-refractivity contribution in [2.75, 3.05) is 5.32 Å². The largest absolute Gasteiger partial charge is 0.418 e. The maximum atomic E-state index is 13.3. The van der Waals surface area contributed by atoms with Crippen LogP contribution in [-0.2, 0) is 23.9 Å². The van der Waals surface area contributed by atoms with Crippen LogP contribution < -0.4 is 10.6 Å². The molecule has 36 heavy (non-hydrogen) atoms. The van der Waals surface area contributed by atoms with E-state index in [1.165, 1.54) is 18.3 Å². The molecule has 1 aliphatic carbocycles. The van der Waals surface area contributed by atoms with Crippen LogP contribution in [0.25, 0.3) is 0 Å². The molecule has 2 N–H and O–H groups in total. The molecule has 1 aromatic carbocycles. The smallest absolute Gasteiger partial charge is 0.354 e. The number of pyridine rings is 2. The predicted octanol–water partition coefficient (Wildman–Crippen LogP) is 6.23. The second-order valence-corrected chi connectivity index (χ2v) is 9.72. The average Bonchev–Trinajstić information content (AvgIpc) is 3.64. The Labute approximate surface area is 214 Å². The maximum Gasteiger partial charge on any atom is 0.418 e. The van der Waals surface area contributed by atoms with Crippen molar-refractivity contribution < 1.29 is 22.8 Å². The van der Waals surface area contributed by atoms with E-state index in [1.807, 2.05) is 13.0 Å². The SMILES string of the molecule is CCc1ccc(C(=O)CC2(C(=O)NCc3ccc(Nc4ccc(Br)cc4C(F)(F)F)cn3)CC2)cn1. The Morgan fingerprint density at radius 2 is 1.75 bits per heavy atom. The van der Waals surface area contributed by atoms with Gasteiger partial charge in [-0.05, 0) is 61.7 Å². The van der Waals surface area contributed by atoms with Gasteiger partial charge in [-0.1, -0.05) is 22.9 Å². The Hall–Kier alpha value is -3.27. The molecule has 2 heterocycles. The van der Waals surface area contributed by atoms with Crippen molar-refractivity contribution in [2.45, 2.75) is 45.3 Å². The zero-order valence-electron chi connectivity index (χ0n) is 19.5. The lowest BCUT2D eigenvalue weighted by molar-refractivity contribution is -0.137. The Bertz CT molecular complexity index is 1260. The van der Waals surface area contributed by atoms with Crippen LogP contribution in [0.3, 0.4) is 0 Å². The van der Waals surface area contributed by atoms with Crippen LogP contribution >= 0.6 is 15.9 Å². The molecule has 1 fully saturated rings. The quantitative estimate of drug-likeness (QED) is 0.303. The predicted molar refractivity (Wildman–Crippen MR) is 133 cm³/mol. The lowest BCUT2D eigenvalue weighted by Gasteiger charge is -2.16. The third-order valence-electron chi connectivity index (χ3n) is 6.16. The summed E-state index contributed by atoms with van der Waals surface area (Å²) in [5.41, 5.74) is 0.722. The summed E-state index contributed by atoms with van der Waals surface area (Å²) in [6.45, 7) is 2.13. The minimum Gasteiger partial charge on any atom is -0.354 e. The van der Waals surface area contributed by atoms with Gasteiger partial charge in [-0.25, -0.2) is 0 Å². The van der Waals surface area contributed by atoms with E-state index in [9.17, 15) is 22.8 Å². The fourth-order valence-corrected chi connectivity index (χ4v) is 4.18. The van der Waals surface area contributed by atoms with Gasteiger partial charge in [-0.3, -0.25) is 19.6 Å². The van der Waals surface area contributed by atoms with Crippen LogP contribution in [0.15, 0.2) is 59.3 Å². The van der Waals surface area contributed by atoms with Crippen molar-refractivity contribution >= 4 is 39.0 Å². The fraction of sp³-hybridized carbons (Fsp3) is 0.308. The van der Waals surface area contributed by atoms with Crippen molar-refractivity contribution in [2.24, 2.45) is 5.41 Å². The normalized spacial score (nSPS) is 14.2. The van der Waals surface area contributed by atoms with E-state index in [-0.39, 0.29) is 30.3 Å². The highest BCUT2D eigenvalue weighted by atomic mass is 79.9. The Kier molecular flexibility index (Phi) is 7.44. The summed E-state index contributed by atoms with van der Waals surface area (Å²) in [6.07, 6.45) is 0.626. The zero-order valence-corrected chi connectivity index (χ0v) is 21.0. The molecule has 3 aromatic rings. The standard InChI is InChI=1S/C26H24BrF3N4O2/c1-2-18-5-3-16(13-31-18)23(35)12-25(9-10-25)24(36)33-14-19-6-7-20(15-32-19)34-22-8-4-17(27)11-21(22)26(28,29)30/h3-8,11,13,15,34H,2,9-10,12,14H2,1H3,(H,33,36). The summed E-state index contributed by atoms with van der Waals surface area (Å²) in [6, 6.07) is 10.6. The topological polar surface area (TPSA) is 84.0 Å². The van der Waals surface area contributed by atoms with Gasteiger partial charge in [0.2, 0.25) is 5.91 Å². The molecule has 6 nitrogen and oxygen atoms in total. The summed E-state index contributed by atoms with van der Waals surface area (Å²) in [5.74, 6) is -0.319. The number of halogens is 4. The van der Waals surface area contributed by atoms with Crippen molar-refractivity contribution in [1.82, 2.24) is 15.3 Å². The number of benzene rings is 1. The Balaban J connectivity index is 1.34. The van der Waals surface area contributed by atoms with Crippen LogP contribution in [0.1, 0.15) is 53.5 Å². The maximum absolute atomic E-state index is 13.3. The molecular weight excluding hydrogens is 537 g/mol. The second kappa shape index (κ2) is 10.4. The van der Waals surface area contributed by atoms with Crippen LogP contribution in [0.5, 0.6) is 0 Å². The molecule has 1 amide bonds. The number of rotatable bonds is 9. The molecule has 4 rings (SSSR count). The zero-order chi connectivity index (χ0) is 25.9. The highest BCUT2D eigenvalue weighted by molar-refractivity contribution is 9.10. The number of nitrogens with one attached hydrogen (secondary N) is 2. The molecule has 1 saturated carbocycles. The molecular formula is C26H24BrF3N4O2. The van der Waals surface area contributed by atoms with Crippen LogP contribution in [0.2, 0.25) is 0 Å². The number of carbonyl (C=O) groups excluding carboxylic acids is 2. The lowest BCUT2D eigenvalue weighted by Crippen LogP contribution is -2.33. The first-order chi connectivity index (χ1) is 17.1. The van der Waals surface area contributed by atoms with Gasteiger partial charge in [-0.15, -0.1) is 0 Å². The highest BCUT2D eigenvalue weighted by Crippen LogP contribution is 2.49. The molecule has 0 unspecified atom stereocenters. The molecule has 0 bridgehead atoms. The Morgan fingerprint density at radius 1 is 1.03 bits per heavy atom. The molecule has 0 saturated heterocycles. The summed E-state index contributed by atoms with van der Waals surface area (Å²) >= 11 is 3.06. The van der Waals surface area contributed by atoms with E-state index in [0.717, 1.165) is 18.2 Å². The van der Waals surface area contributed by atoms with Gasteiger partial charge in [0.15, 0.2) is 5.78 Å². The molecule has 0 radical (unpaired) electrons. The van der Waals surface area contributed by atoms with E-state index < -0.39 is 17.2 Å². The van der Waals surface area contributed by atoms with Gasteiger partial charge in [0.25, 0.3) is 0 Å². The van der Waals surface area contributed by atoms with Crippen LogP contribution in [0, 0.1) is 5.41 Å². The van der Waals surface area contributed by atoms with Gasteiger partial charge in [0, 0.05) is 28.3 Å². The molecule has 0 spiro atoms. The van der Waals surface area contributed by atoms with Crippen molar-refractivity contribution in [3.05, 3.63) is 81.8 Å². The summed E-state index contributed by atoms with van der Waals surface area (Å²) < 4.78 is 40.3. The molecule has 1 aliphatic rings. The van der Waals surface area contributed by atoms with E-state index >= 15 is 0 Å². The van der Waals surface area contributed by atoms with Crippen LogP contribution in [0.4, 0.5) is 24.5 Å². The summed E-state index contributed by atoms with van der Waals surface area (Å²) in [5, 5.41) is 5.58. The minimum absolute atomic E-state index is 0.0894. The molecule has 2 aromatic heterocycles. The first kappa shape index (κ1) is 25.8. The number of aryl methyl sites for hydroxylation is 1. The van der Waals surface area contributed by atoms with Crippen molar-refractivity contribution in [1.29, 1.82) is 0 Å². The van der Waals surface area contributed by atoms with Gasteiger partial charge in [-0.2, -0.15) is 13.2 Å². The number of carbonyl (C=O) groups is 2. The first-order valence-electron chi connectivity index (χ1n) is 11.4. The third kappa shape index (κ3) is 6.10. The monoisotopic (exact) mass is 560 g/mol. The number of hydrogen-bond donors (Lipinski definition) is 2. The number of amides is 1. The number of nitrogens with zero attached hydrogens (tertiary/aromatic N) is 2. The highest BCUT2D eigenvalue weighted by Gasteiger charge is 2.51. The molecule has 10 heteroatoms. The summed E-state index contributed by atoms with van der Waals surface area (Å²) in [7, 11) is 0. The number of aromatic nitrogens is 2. The van der Waals surface area contributed by atoms with Gasteiger partial charge in [0.1, 0.15) is 0 Å². The van der Waals surface area contributed by atoms with Gasteiger partial charge in [0.05, 0.1) is 40.8 Å². The van der Waals surface area contributed by atoms with Crippen LogP contribution in [-0.4, -0.2) is 21.7 Å². The van der Waals surface area contributed by atoms with E-state index in [0.29, 0.717) is 34.3 Å². The van der Waals surface area contributed by atoms with Crippen molar-refractivity contribution in [3.8, 4) is 0 Å². The molecule has 0 aliphatic heterocycles. The van der Waals surface area contributed by atoms with Crippen molar-refractivity contribution in [3.63, 3.8) is 0 Å². The number of Topliss-reactive ketones (excluding diaryl/α,β-unsaturated/α-hetero) is 1. The second-order valence-electron chi connectivity index (χ2n) is 8.81. The van der Waals surface area contributed by atoms with Gasteiger partial charge >= 0.3 is 6.18 Å². The lowest BCUT2D eigenvalue weighted by atomic mass is 9.95. The number of alkyl halides is 3. The van der Waals surface area contributed by atoms with Gasteiger partial charge < -0.3 is 10.6 Å². The van der Waals surface area contributed by atoms with E-state index in [1.54, 1.807) is 24.4 Å². The summed E-state index contributed by atoms with van der Waals surface area (Å²) in [4.78, 5) is 34.0. The molecule has 0 atom stereocenters. The fourth-order valence-electron chi connectivity index (χ4n) is 3.82. The Morgan fingerprint density at radius 3 is 2.33 bits per heavy atom.